The lowest BCUT2D eigenvalue weighted by molar-refractivity contribution is -0.117. The lowest BCUT2D eigenvalue weighted by atomic mass is 10.2. The minimum atomic E-state index is -0.358. The molecule has 2 N–H and O–H groups in total. The molecule has 1 fully saturated rings. The molecule has 1 aromatic heterocycles. The average molecular weight is 382 g/mol. The fourth-order valence-electron chi connectivity index (χ4n) is 3.06. The zero-order valence-corrected chi connectivity index (χ0v) is 15.5. The summed E-state index contributed by atoms with van der Waals surface area (Å²) in [5.74, 6) is 0.709. The fourth-order valence-corrected chi connectivity index (χ4v) is 3.92. The van der Waals surface area contributed by atoms with E-state index in [0.717, 1.165) is 21.7 Å². The zero-order chi connectivity index (χ0) is 18.8. The number of thiazole rings is 1. The second-order valence-corrected chi connectivity index (χ2v) is 7.22. The van der Waals surface area contributed by atoms with Crippen LogP contribution in [0.2, 0.25) is 0 Å². The second-order valence-electron chi connectivity index (χ2n) is 6.19. The van der Waals surface area contributed by atoms with Gasteiger partial charge in [-0.25, -0.2) is 9.78 Å². The Morgan fingerprint density at radius 3 is 2.74 bits per heavy atom. The van der Waals surface area contributed by atoms with Crippen molar-refractivity contribution in [1.82, 2.24) is 10.3 Å². The van der Waals surface area contributed by atoms with Crippen LogP contribution in [0.3, 0.4) is 0 Å². The van der Waals surface area contributed by atoms with Gasteiger partial charge in [-0.1, -0.05) is 23.5 Å². The third kappa shape index (κ3) is 3.70. The van der Waals surface area contributed by atoms with E-state index in [1.54, 1.807) is 12.0 Å². The van der Waals surface area contributed by atoms with Gasteiger partial charge in [-0.3, -0.25) is 10.1 Å². The van der Waals surface area contributed by atoms with Gasteiger partial charge in [0.05, 0.1) is 23.4 Å². The SMILES string of the molecule is COc1ccc(N2CC(NC(=O)Nc3nc4ccccc4s3)CC2=O)cc1. The smallest absolute Gasteiger partial charge is 0.321 e. The lowest BCUT2D eigenvalue weighted by Crippen LogP contribution is -2.39. The highest BCUT2D eigenvalue weighted by Crippen LogP contribution is 2.26. The summed E-state index contributed by atoms with van der Waals surface area (Å²) in [5, 5.41) is 6.14. The van der Waals surface area contributed by atoms with E-state index in [0.29, 0.717) is 11.7 Å². The molecule has 0 bridgehead atoms. The van der Waals surface area contributed by atoms with Crippen LogP contribution in [0.1, 0.15) is 6.42 Å². The van der Waals surface area contributed by atoms with Crippen molar-refractivity contribution in [1.29, 1.82) is 0 Å². The molecule has 1 unspecified atom stereocenters. The highest BCUT2D eigenvalue weighted by atomic mass is 32.1. The van der Waals surface area contributed by atoms with Crippen LogP contribution in [0.25, 0.3) is 10.2 Å². The topological polar surface area (TPSA) is 83.6 Å². The summed E-state index contributed by atoms with van der Waals surface area (Å²) in [6.45, 7) is 0.429. The van der Waals surface area contributed by atoms with Crippen molar-refractivity contribution in [2.75, 3.05) is 23.9 Å². The number of anilines is 2. The number of carbonyl (C=O) groups is 2. The Bertz CT molecular complexity index is 953. The number of fused-ring (bicyclic) bond motifs is 1. The largest absolute Gasteiger partial charge is 0.497 e. The Hall–Kier alpha value is -3.13. The Balaban J connectivity index is 1.37. The summed E-state index contributed by atoms with van der Waals surface area (Å²) in [7, 11) is 1.60. The van der Waals surface area contributed by atoms with Crippen molar-refractivity contribution in [3.63, 3.8) is 0 Å². The molecule has 138 valence electrons. The van der Waals surface area contributed by atoms with Crippen LogP contribution in [0.5, 0.6) is 5.75 Å². The van der Waals surface area contributed by atoms with Gasteiger partial charge in [0.25, 0.3) is 0 Å². The van der Waals surface area contributed by atoms with Crippen molar-refractivity contribution in [3.05, 3.63) is 48.5 Å². The maximum Gasteiger partial charge on any atom is 0.321 e. The van der Waals surface area contributed by atoms with Gasteiger partial charge in [-0.15, -0.1) is 0 Å². The monoisotopic (exact) mass is 382 g/mol. The van der Waals surface area contributed by atoms with Crippen LogP contribution in [-0.4, -0.2) is 36.6 Å². The molecule has 1 aliphatic heterocycles. The minimum Gasteiger partial charge on any atom is -0.497 e. The van der Waals surface area contributed by atoms with Gasteiger partial charge < -0.3 is 15.0 Å². The highest BCUT2D eigenvalue weighted by Gasteiger charge is 2.31. The Kier molecular flexibility index (Phi) is 4.64. The normalized spacial score (nSPS) is 16.6. The van der Waals surface area contributed by atoms with Crippen molar-refractivity contribution < 1.29 is 14.3 Å². The van der Waals surface area contributed by atoms with Crippen LogP contribution < -0.4 is 20.3 Å². The van der Waals surface area contributed by atoms with Crippen LogP contribution in [0, 0.1) is 0 Å². The summed E-state index contributed by atoms with van der Waals surface area (Å²) in [5.41, 5.74) is 1.64. The number of para-hydroxylation sites is 1. The predicted octanol–water partition coefficient (Wildman–Crippen LogP) is 3.23. The third-order valence-corrected chi connectivity index (χ3v) is 5.31. The summed E-state index contributed by atoms with van der Waals surface area (Å²) in [6, 6.07) is 14.4. The fraction of sp³-hybridized carbons (Fsp3) is 0.211. The van der Waals surface area contributed by atoms with Crippen LogP contribution in [0.15, 0.2) is 48.5 Å². The number of hydrogen-bond acceptors (Lipinski definition) is 5. The quantitative estimate of drug-likeness (QED) is 0.726. The van der Waals surface area contributed by atoms with Gasteiger partial charge in [0, 0.05) is 18.7 Å². The van der Waals surface area contributed by atoms with E-state index in [1.807, 2.05) is 48.5 Å². The summed E-state index contributed by atoms with van der Waals surface area (Å²) in [4.78, 5) is 30.6. The van der Waals surface area contributed by atoms with Gasteiger partial charge >= 0.3 is 6.03 Å². The number of carbonyl (C=O) groups excluding carboxylic acids is 2. The maximum absolute atomic E-state index is 12.3. The first-order valence-electron chi connectivity index (χ1n) is 8.50. The molecule has 0 spiro atoms. The third-order valence-electron chi connectivity index (χ3n) is 4.36. The van der Waals surface area contributed by atoms with E-state index in [-0.39, 0.29) is 24.4 Å². The molecule has 0 radical (unpaired) electrons. The van der Waals surface area contributed by atoms with E-state index < -0.39 is 0 Å². The molecule has 1 aliphatic rings. The molecule has 7 nitrogen and oxygen atoms in total. The summed E-state index contributed by atoms with van der Waals surface area (Å²) in [6.07, 6.45) is 0.263. The van der Waals surface area contributed by atoms with Crippen molar-refractivity contribution in [3.8, 4) is 5.75 Å². The number of amides is 3. The number of aromatic nitrogens is 1. The molecule has 3 amide bonds. The van der Waals surface area contributed by atoms with E-state index in [4.69, 9.17) is 4.74 Å². The molecule has 8 heteroatoms. The molecule has 2 aromatic carbocycles. The number of benzene rings is 2. The highest BCUT2D eigenvalue weighted by molar-refractivity contribution is 7.22. The molecular formula is C19H18N4O3S. The number of urea groups is 1. The molecular weight excluding hydrogens is 364 g/mol. The van der Waals surface area contributed by atoms with Gasteiger partial charge in [-0.2, -0.15) is 0 Å². The van der Waals surface area contributed by atoms with E-state index in [2.05, 4.69) is 15.6 Å². The van der Waals surface area contributed by atoms with Crippen molar-refractivity contribution in [2.45, 2.75) is 12.5 Å². The first-order valence-corrected chi connectivity index (χ1v) is 9.31. The van der Waals surface area contributed by atoms with Gasteiger partial charge in [-0.05, 0) is 36.4 Å². The van der Waals surface area contributed by atoms with Gasteiger partial charge in [0.1, 0.15) is 5.75 Å². The van der Waals surface area contributed by atoms with E-state index in [9.17, 15) is 9.59 Å². The molecule has 0 aliphatic carbocycles. The summed E-state index contributed by atoms with van der Waals surface area (Å²) < 4.78 is 6.15. The number of hydrogen-bond donors (Lipinski definition) is 2. The average Bonchev–Trinajstić information content (AvgIpc) is 3.24. The van der Waals surface area contributed by atoms with Crippen molar-refractivity contribution in [2.24, 2.45) is 0 Å². The molecule has 3 aromatic rings. The maximum atomic E-state index is 12.3. The Labute approximate surface area is 160 Å². The summed E-state index contributed by atoms with van der Waals surface area (Å²) >= 11 is 1.41. The first-order chi connectivity index (χ1) is 13.1. The molecule has 0 saturated carbocycles. The second kappa shape index (κ2) is 7.24. The molecule has 2 heterocycles. The van der Waals surface area contributed by atoms with Gasteiger partial charge in [0.2, 0.25) is 5.91 Å². The number of nitrogens with one attached hydrogen (secondary N) is 2. The Morgan fingerprint density at radius 1 is 1.22 bits per heavy atom. The Morgan fingerprint density at radius 2 is 2.00 bits per heavy atom. The van der Waals surface area contributed by atoms with Crippen LogP contribution in [-0.2, 0) is 4.79 Å². The number of ether oxygens (including phenoxy) is 1. The zero-order valence-electron chi connectivity index (χ0n) is 14.6. The first kappa shape index (κ1) is 17.3. The number of methoxy groups -OCH3 is 1. The number of nitrogens with zero attached hydrogens (tertiary/aromatic N) is 2. The standard InChI is InChI=1S/C19H18N4O3S/c1-26-14-8-6-13(7-9-14)23-11-12(10-17(23)24)20-18(25)22-19-21-15-4-2-3-5-16(15)27-19/h2-9,12H,10-11H2,1H3,(H2,20,21,22,25). The van der Waals surface area contributed by atoms with E-state index >= 15 is 0 Å². The van der Waals surface area contributed by atoms with Crippen LogP contribution in [0.4, 0.5) is 15.6 Å². The van der Waals surface area contributed by atoms with E-state index in [1.165, 1.54) is 11.3 Å². The van der Waals surface area contributed by atoms with Crippen molar-refractivity contribution >= 4 is 44.3 Å². The molecule has 27 heavy (non-hydrogen) atoms. The van der Waals surface area contributed by atoms with Crippen LogP contribution >= 0.6 is 11.3 Å². The molecule has 1 atom stereocenters. The number of rotatable bonds is 4. The molecule has 4 rings (SSSR count). The predicted molar refractivity (Wildman–Crippen MR) is 106 cm³/mol. The lowest BCUT2D eigenvalue weighted by Gasteiger charge is -2.17. The molecule has 1 saturated heterocycles. The minimum absolute atomic E-state index is 0.0227. The van der Waals surface area contributed by atoms with Gasteiger partial charge in [0.15, 0.2) is 5.13 Å².